The van der Waals surface area contributed by atoms with Crippen molar-refractivity contribution < 1.29 is 9.53 Å². The number of nitrogens with zero attached hydrogens (tertiary/aromatic N) is 3. The molecule has 1 fully saturated rings. The third-order valence-electron chi connectivity index (χ3n) is 6.54. The maximum Gasteiger partial charge on any atom is 0.264 e. The van der Waals surface area contributed by atoms with E-state index in [0.29, 0.717) is 5.75 Å². The molecule has 0 unspecified atom stereocenters. The zero-order valence-electron chi connectivity index (χ0n) is 18.1. The van der Waals surface area contributed by atoms with Crippen LogP contribution in [0.4, 0.5) is 11.5 Å². The lowest BCUT2D eigenvalue weighted by molar-refractivity contribution is -0.120. The van der Waals surface area contributed by atoms with Gasteiger partial charge in [-0.3, -0.25) is 4.79 Å². The molecule has 160 valence electrons. The smallest absolute Gasteiger partial charge is 0.264 e. The number of carbonyl (C=O) groups is 1. The zero-order valence-corrected chi connectivity index (χ0v) is 18.1. The van der Waals surface area contributed by atoms with Gasteiger partial charge in [-0.1, -0.05) is 37.3 Å². The molecular weight excluding hydrogens is 386 g/mol. The Labute approximate surface area is 183 Å². The van der Waals surface area contributed by atoms with Crippen LogP contribution in [-0.4, -0.2) is 37.1 Å². The Kier molecular flexibility index (Phi) is 5.49. The quantitative estimate of drug-likeness (QED) is 0.612. The van der Waals surface area contributed by atoms with E-state index in [2.05, 4.69) is 30.0 Å². The number of anilines is 2. The van der Waals surface area contributed by atoms with Crippen molar-refractivity contribution in [1.29, 1.82) is 0 Å². The molecule has 2 aromatic carbocycles. The van der Waals surface area contributed by atoms with Gasteiger partial charge in [-0.2, -0.15) is 0 Å². The maximum atomic E-state index is 13.0. The average Bonchev–Trinajstić information content (AvgIpc) is 2.82. The second-order valence-corrected chi connectivity index (χ2v) is 8.73. The van der Waals surface area contributed by atoms with Gasteiger partial charge in [0.1, 0.15) is 17.1 Å². The van der Waals surface area contributed by atoms with Crippen molar-refractivity contribution in [2.24, 2.45) is 5.92 Å². The lowest BCUT2D eigenvalue weighted by Crippen LogP contribution is -2.38. The van der Waals surface area contributed by atoms with Crippen LogP contribution in [0, 0.1) is 5.92 Å². The number of para-hydroxylation sites is 2. The van der Waals surface area contributed by atoms with E-state index in [1.165, 1.54) is 18.4 Å². The van der Waals surface area contributed by atoms with Crippen LogP contribution in [0.2, 0.25) is 0 Å². The molecule has 0 atom stereocenters. The molecule has 0 N–H and O–H groups in total. The van der Waals surface area contributed by atoms with Gasteiger partial charge < -0.3 is 14.5 Å². The van der Waals surface area contributed by atoms with Gasteiger partial charge in [-0.15, -0.1) is 0 Å². The molecule has 0 saturated carbocycles. The minimum atomic E-state index is -0.00896. The molecule has 1 amide bonds. The fourth-order valence-corrected chi connectivity index (χ4v) is 4.65. The topological polar surface area (TPSA) is 45.7 Å². The van der Waals surface area contributed by atoms with Gasteiger partial charge >= 0.3 is 0 Å². The lowest BCUT2D eigenvalue weighted by atomic mass is 9.99. The number of pyridine rings is 1. The number of ether oxygens (including phenoxy) is 1. The molecule has 0 aliphatic carbocycles. The van der Waals surface area contributed by atoms with Crippen LogP contribution in [0.5, 0.6) is 5.75 Å². The van der Waals surface area contributed by atoms with E-state index in [0.717, 1.165) is 60.8 Å². The van der Waals surface area contributed by atoms with Crippen LogP contribution in [0.25, 0.3) is 10.9 Å². The number of piperidine rings is 1. The first-order valence-corrected chi connectivity index (χ1v) is 11.3. The molecule has 0 radical (unpaired) electrons. The van der Waals surface area contributed by atoms with Gasteiger partial charge in [0.05, 0.1) is 0 Å². The van der Waals surface area contributed by atoms with Crippen LogP contribution in [-0.2, 0) is 11.2 Å². The van der Waals surface area contributed by atoms with E-state index in [4.69, 9.17) is 9.72 Å². The SMILES string of the molecule is CC1CCN(c2ccc3cccc(OCC(=O)N4CCCc5ccccc54)c3n2)CC1. The van der Waals surface area contributed by atoms with Gasteiger partial charge in [-0.05, 0) is 61.4 Å². The summed E-state index contributed by atoms with van der Waals surface area (Å²) in [5, 5.41) is 1.03. The van der Waals surface area contributed by atoms with E-state index < -0.39 is 0 Å². The molecule has 1 aromatic heterocycles. The summed E-state index contributed by atoms with van der Waals surface area (Å²) in [6.45, 7) is 5.14. The van der Waals surface area contributed by atoms with Crippen LogP contribution in [0.3, 0.4) is 0 Å². The largest absolute Gasteiger partial charge is 0.481 e. The molecular formula is C26H29N3O2. The fourth-order valence-electron chi connectivity index (χ4n) is 4.65. The second kappa shape index (κ2) is 8.58. The second-order valence-electron chi connectivity index (χ2n) is 8.73. The molecule has 5 heteroatoms. The highest BCUT2D eigenvalue weighted by Gasteiger charge is 2.23. The monoisotopic (exact) mass is 415 g/mol. The van der Waals surface area contributed by atoms with Gasteiger partial charge in [0.15, 0.2) is 6.61 Å². The Hall–Kier alpha value is -3.08. The highest BCUT2D eigenvalue weighted by molar-refractivity contribution is 5.96. The standard InChI is InChI=1S/C26H29N3O2/c1-19-13-16-28(17-14-19)24-12-11-21-7-4-10-23(26(21)27-24)31-18-25(30)29-15-5-8-20-6-2-3-9-22(20)29/h2-4,6-7,9-12,19H,5,8,13-18H2,1H3. The molecule has 2 aliphatic rings. The number of hydrogen-bond acceptors (Lipinski definition) is 4. The normalized spacial score (nSPS) is 16.9. The molecule has 1 saturated heterocycles. The number of carbonyl (C=O) groups excluding carboxylic acids is 1. The van der Waals surface area contributed by atoms with Crippen molar-refractivity contribution in [3.8, 4) is 5.75 Å². The maximum absolute atomic E-state index is 13.0. The van der Waals surface area contributed by atoms with Crippen molar-refractivity contribution in [2.45, 2.75) is 32.6 Å². The van der Waals surface area contributed by atoms with Crippen molar-refractivity contribution >= 4 is 28.3 Å². The van der Waals surface area contributed by atoms with Gasteiger partial charge in [0.2, 0.25) is 0 Å². The summed E-state index contributed by atoms with van der Waals surface area (Å²) in [6.07, 6.45) is 4.40. The van der Waals surface area contributed by atoms with Gasteiger partial charge in [0, 0.05) is 30.7 Å². The Morgan fingerprint density at radius 1 is 1.03 bits per heavy atom. The summed E-state index contributed by atoms with van der Waals surface area (Å²) < 4.78 is 6.04. The summed E-state index contributed by atoms with van der Waals surface area (Å²) in [4.78, 5) is 22.1. The average molecular weight is 416 g/mol. The molecule has 5 nitrogen and oxygen atoms in total. The van der Waals surface area contributed by atoms with Crippen molar-refractivity contribution in [1.82, 2.24) is 4.98 Å². The number of benzene rings is 2. The first-order chi connectivity index (χ1) is 15.2. The third-order valence-corrected chi connectivity index (χ3v) is 6.54. The molecule has 0 spiro atoms. The van der Waals surface area contributed by atoms with Crippen LogP contribution >= 0.6 is 0 Å². The van der Waals surface area contributed by atoms with Gasteiger partial charge in [-0.25, -0.2) is 4.98 Å². The molecule has 2 aliphatic heterocycles. The van der Waals surface area contributed by atoms with E-state index >= 15 is 0 Å². The van der Waals surface area contributed by atoms with E-state index in [9.17, 15) is 4.79 Å². The minimum absolute atomic E-state index is 0.00896. The fraction of sp³-hybridized carbons (Fsp3) is 0.385. The highest BCUT2D eigenvalue weighted by Crippen LogP contribution is 2.30. The Bertz CT molecular complexity index is 1090. The molecule has 3 aromatic rings. The van der Waals surface area contributed by atoms with Crippen molar-refractivity contribution in [3.63, 3.8) is 0 Å². The predicted molar refractivity (Wildman–Crippen MR) is 125 cm³/mol. The third kappa shape index (κ3) is 4.09. The molecule has 5 rings (SSSR count). The highest BCUT2D eigenvalue weighted by atomic mass is 16.5. The molecule has 31 heavy (non-hydrogen) atoms. The number of rotatable bonds is 4. The number of aromatic nitrogens is 1. The number of amides is 1. The lowest BCUT2D eigenvalue weighted by Gasteiger charge is -2.31. The van der Waals surface area contributed by atoms with E-state index in [-0.39, 0.29) is 12.5 Å². The first-order valence-electron chi connectivity index (χ1n) is 11.3. The summed E-state index contributed by atoms with van der Waals surface area (Å²) in [6, 6.07) is 18.3. The zero-order chi connectivity index (χ0) is 21.2. The number of aryl methyl sites for hydroxylation is 1. The number of hydrogen-bond donors (Lipinski definition) is 0. The predicted octanol–water partition coefficient (Wildman–Crippen LogP) is 4.83. The minimum Gasteiger partial charge on any atom is -0.481 e. The summed E-state index contributed by atoms with van der Waals surface area (Å²) >= 11 is 0. The van der Waals surface area contributed by atoms with Crippen LogP contribution in [0.15, 0.2) is 54.6 Å². The van der Waals surface area contributed by atoms with Crippen LogP contribution in [0.1, 0.15) is 31.7 Å². The molecule has 3 heterocycles. The number of fused-ring (bicyclic) bond motifs is 2. The Morgan fingerprint density at radius 3 is 2.74 bits per heavy atom. The first kappa shape index (κ1) is 19.9. The van der Waals surface area contributed by atoms with E-state index in [1.54, 1.807) is 0 Å². The summed E-state index contributed by atoms with van der Waals surface area (Å²) in [5.41, 5.74) is 3.07. The van der Waals surface area contributed by atoms with Crippen LogP contribution < -0.4 is 14.5 Å². The van der Waals surface area contributed by atoms with Crippen molar-refractivity contribution in [3.05, 3.63) is 60.2 Å². The summed E-state index contributed by atoms with van der Waals surface area (Å²) in [5.74, 6) is 2.43. The molecule has 0 bridgehead atoms. The summed E-state index contributed by atoms with van der Waals surface area (Å²) in [7, 11) is 0. The van der Waals surface area contributed by atoms with Gasteiger partial charge in [0.25, 0.3) is 5.91 Å². The van der Waals surface area contributed by atoms with E-state index in [1.807, 2.05) is 41.3 Å². The Balaban J connectivity index is 1.34. The van der Waals surface area contributed by atoms with Crippen molar-refractivity contribution in [2.75, 3.05) is 36.0 Å². The Morgan fingerprint density at radius 2 is 1.87 bits per heavy atom.